The number of nitro groups is 1. The molecule has 2 rings (SSSR count). The number of halogens is 2. The van der Waals surface area contributed by atoms with E-state index in [9.17, 15) is 19.7 Å². The second-order valence-corrected chi connectivity index (χ2v) is 6.37. The van der Waals surface area contributed by atoms with Crippen LogP contribution < -0.4 is 5.32 Å². The molecule has 130 valence electrons. The Balaban J connectivity index is 2.06. The van der Waals surface area contributed by atoms with Crippen LogP contribution in [0.5, 0.6) is 0 Å². The molecule has 0 fully saturated rings. The maximum atomic E-state index is 12.4. The average Bonchev–Trinajstić information content (AvgIpc) is 2.56. The predicted octanol–water partition coefficient (Wildman–Crippen LogP) is 3.72. The summed E-state index contributed by atoms with van der Waals surface area (Å²) in [7, 11) is 1.44. The number of carbonyl (C=O) groups is 2. The molecule has 0 aliphatic heterocycles. The fourth-order valence-corrected chi connectivity index (χ4v) is 2.68. The highest BCUT2D eigenvalue weighted by Crippen LogP contribution is 2.24. The van der Waals surface area contributed by atoms with Crippen molar-refractivity contribution in [2.45, 2.75) is 0 Å². The van der Waals surface area contributed by atoms with Crippen molar-refractivity contribution in [1.29, 1.82) is 0 Å². The molecule has 0 bridgehead atoms. The standard InChI is InChI=1S/C16H13BrClN3O4/c1-20(9-15(22)19-14-5-3-2-4-12(14)17)16(23)11-7-6-10(21(24)25)8-13(11)18/h2-8H,9H2,1H3,(H,19,22). The zero-order valence-electron chi connectivity index (χ0n) is 13.0. The zero-order valence-corrected chi connectivity index (χ0v) is 15.4. The largest absolute Gasteiger partial charge is 0.332 e. The molecule has 0 saturated heterocycles. The Hall–Kier alpha value is -2.45. The SMILES string of the molecule is CN(CC(=O)Nc1ccccc1Br)C(=O)c1ccc([N+](=O)[O-])cc1Cl. The molecule has 9 heteroatoms. The van der Waals surface area contributed by atoms with E-state index in [1.165, 1.54) is 24.1 Å². The van der Waals surface area contributed by atoms with Crippen molar-refractivity contribution in [3.63, 3.8) is 0 Å². The number of hydrogen-bond donors (Lipinski definition) is 1. The number of likely N-dealkylation sites (N-methyl/N-ethyl adjacent to an activating group) is 1. The van der Waals surface area contributed by atoms with Gasteiger partial charge in [0.2, 0.25) is 5.91 Å². The van der Waals surface area contributed by atoms with Gasteiger partial charge in [-0.1, -0.05) is 23.7 Å². The Bertz CT molecular complexity index is 844. The molecule has 0 aromatic heterocycles. The van der Waals surface area contributed by atoms with E-state index in [2.05, 4.69) is 21.2 Å². The van der Waals surface area contributed by atoms with Gasteiger partial charge in [0, 0.05) is 23.7 Å². The lowest BCUT2D eigenvalue weighted by atomic mass is 10.2. The summed E-state index contributed by atoms with van der Waals surface area (Å²) in [5.41, 5.74) is 0.459. The quantitative estimate of drug-likeness (QED) is 0.582. The third kappa shape index (κ3) is 4.77. The topological polar surface area (TPSA) is 92.6 Å². The Morgan fingerprint density at radius 3 is 2.56 bits per heavy atom. The highest BCUT2D eigenvalue weighted by atomic mass is 79.9. The maximum Gasteiger partial charge on any atom is 0.270 e. The number of nitro benzene ring substituents is 1. The van der Waals surface area contributed by atoms with E-state index < -0.39 is 10.8 Å². The van der Waals surface area contributed by atoms with Crippen LogP contribution in [-0.4, -0.2) is 35.2 Å². The van der Waals surface area contributed by atoms with Crippen molar-refractivity contribution in [1.82, 2.24) is 4.90 Å². The van der Waals surface area contributed by atoms with Gasteiger partial charge < -0.3 is 10.2 Å². The van der Waals surface area contributed by atoms with E-state index in [1.807, 2.05) is 6.07 Å². The predicted molar refractivity (Wildman–Crippen MR) is 97.8 cm³/mol. The molecule has 0 spiro atoms. The summed E-state index contributed by atoms with van der Waals surface area (Å²) in [6.07, 6.45) is 0. The zero-order chi connectivity index (χ0) is 18.6. The normalized spacial score (nSPS) is 10.2. The minimum absolute atomic E-state index is 0.0442. The van der Waals surface area contributed by atoms with Crippen LogP contribution in [0, 0.1) is 10.1 Å². The number of para-hydroxylation sites is 1. The number of rotatable bonds is 5. The van der Waals surface area contributed by atoms with Gasteiger partial charge in [0.1, 0.15) is 0 Å². The molecule has 2 aromatic carbocycles. The van der Waals surface area contributed by atoms with Gasteiger partial charge in [-0.15, -0.1) is 0 Å². The van der Waals surface area contributed by atoms with Crippen LogP contribution in [0.15, 0.2) is 46.9 Å². The summed E-state index contributed by atoms with van der Waals surface area (Å²) in [4.78, 5) is 35.8. The first-order chi connectivity index (χ1) is 11.8. The summed E-state index contributed by atoms with van der Waals surface area (Å²) in [6.45, 7) is -0.201. The smallest absolute Gasteiger partial charge is 0.270 e. The van der Waals surface area contributed by atoms with Crippen LogP contribution in [0.25, 0.3) is 0 Å². The second kappa shape index (κ2) is 8.09. The van der Waals surface area contributed by atoms with Crippen molar-refractivity contribution in [3.05, 3.63) is 67.6 Å². The van der Waals surface area contributed by atoms with E-state index in [4.69, 9.17) is 11.6 Å². The molecule has 2 amide bonds. The number of hydrogen-bond acceptors (Lipinski definition) is 4. The summed E-state index contributed by atoms with van der Waals surface area (Å²) in [6, 6.07) is 10.6. The van der Waals surface area contributed by atoms with Gasteiger partial charge in [0.25, 0.3) is 11.6 Å². The van der Waals surface area contributed by atoms with Crippen molar-refractivity contribution in [3.8, 4) is 0 Å². The second-order valence-electron chi connectivity index (χ2n) is 5.11. The first-order valence-electron chi connectivity index (χ1n) is 7.03. The van der Waals surface area contributed by atoms with Gasteiger partial charge in [-0.3, -0.25) is 19.7 Å². The van der Waals surface area contributed by atoms with Crippen LogP contribution in [-0.2, 0) is 4.79 Å². The van der Waals surface area contributed by atoms with Gasteiger partial charge >= 0.3 is 0 Å². The first kappa shape index (κ1) is 18.9. The number of carbonyl (C=O) groups excluding carboxylic acids is 2. The number of non-ortho nitro benzene ring substituents is 1. The van der Waals surface area contributed by atoms with E-state index in [0.717, 1.165) is 10.5 Å². The molecule has 0 saturated carbocycles. The molecular weight excluding hydrogens is 414 g/mol. The maximum absolute atomic E-state index is 12.4. The lowest BCUT2D eigenvalue weighted by Crippen LogP contribution is -2.35. The molecule has 0 unspecified atom stereocenters. The fourth-order valence-electron chi connectivity index (χ4n) is 2.04. The number of nitrogens with one attached hydrogen (secondary N) is 1. The molecule has 0 radical (unpaired) electrons. The Labute approximate surface area is 156 Å². The monoisotopic (exact) mass is 425 g/mol. The molecular formula is C16H13BrClN3O4. The third-order valence-corrected chi connectivity index (χ3v) is 4.27. The lowest BCUT2D eigenvalue weighted by molar-refractivity contribution is -0.384. The van der Waals surface area contributed by atoms with Gasteiger partial charge in [0.15, 0.2) is 0 Å². The molecule has 7 nitrogen and oxygen atoms in total. The minimum atomic E-state index is -0.602. The Morgan fingerprint density at radius 1 is 1.28 bits per heavy atom. The lowest BCUT2D eigenvalue weighted by Gasteiger charge is -2.17. The Morgan fingerprint density at radius 2 is 1.96 bits per heavy atom. The molecule has 0 heterocycles. The Kier molecular flexibility index (Phi) is 6.11. The summed E-state index contributed by atoms with van der Waals surface area (Å²) in [5, 5.41) is 13.3. The summed E-state index contributed by atoms with van der Waals surface area (Å²) < 4.78 is 0.718. The van der Waals surface area contributed by atoms with Gasteiger partial charge in [-0.2, -0.15) is 0 Å². The molecule has 0 atom stereocenters. The van der Waals surface area contributed by atoms with E-state index in [1.54, 1.807) is 18.2 Å². The minimum Gasteiger partial charge on any atom is -0.332 e. The number of nitrogens with zero attached hydrogens (tertiary/aromatic N) is 2. The fraction of sp³-hybridized carbons (Fsp3) is 0.125. The van der Waals surface area contributed by atoms with Crippen molar-refractivity contribution in [2.24, 2.45) is 0 Å². The van der Waals surface area contributed by atoms with Crippen molar-refractivity contribution in [2.75, 3.05) is 18.9 Å². The number of benzene rings is 2. The number of anilines is 1. The summed E-state index contributed by atoms with van der Waals surface area (Å²) >= 11 is 9.26. The van der Waals surface area contributed by atoms with Gasteiger partial charge in [0.05, 0.1) is 27.7 Å². The average molecular weight is 427 g/mol. The third-order valence-electron chi connectivity index (χ3n) is 3.27. The van der Waals surface area contributed by atoms with E-state index in [0.29, 0.717) is 5.69 Å². The van der Waals surface area contributed by atoms with E-state index in [-0.39, 0.29) is 28.7 Å². The van der Waals surface area contributed by atoms with Crippen LogP contribution in [0.4, 0.5) is 11.4 Å². The highest BCUT2D eigenvalue weighted by Gasteiger charge is 2.20. The van der Waals surface area contributed by atoms with Crippen LogP contribution in [0.3, 0.4) is 0 Å². The molecule has 25 heavy (non-hydrogen) atoms. The first-order valence-corrected chi connectivity index (χ1v) is 8.20. The highest BCUT2D eigenvalue weighted by molar-refractivity contribution is 9.10. The van der Waals surface area contributed by atoms with Gasteiger partial charge in [-0.25, -0.2) is 0 Å². The number of amides is 2. The molecule has 0 aliphatic rings. The molecule has 0 aliphatic carbocycles. The summed E-state index contributed by atoms with van der Waals surface area (Å²) in [5.74, 6) is -0.900. The van der Waals surface area contributed by atoms with Crippen molar-refractivity contribution < 1.29 is 14.5 Å². The molecule has 1 N–H and O–H groups in total. The van der Waals surface area contributed by atoms with Crippen LogP contribution in [0.2, 0.25) is 5.02 Å². The van der Waals surface area contributed by atoms with Crippen molar-refractivity contribution >= 4 is 50.7 Å². The van der Waals surface area contributed by atoms with Crippen LogP contribution in [0.1, 0.15) is 10.4 Å². The van der Waals surface area contributed by atoms with Crippen LogP contribution >= 0.6 is 27.5 Å². The molecule has 2 aromatic rings. The van der Waals surface area contributed by atoms with E-state index >= 15 is 0 Å². The van der Waals surface area contributed by atoms with Gasteiger partial charge in [-0.05, 0) is 34.1 Å².